The van der Waals surface area contributed by atoms with Crippen LogP contribution in [-0.2, 0) is 14.8 Å². The number of nitrogens with one attached hydrogen (secondary N) is 1. The number of sulfonamides is 1. The molecular weight excluding hydrogens is 402 g/mol. The second-order valence-corrected chi connectivity index (χ2v) is 8.91. The van der Waals surface area contributed by atoms with Crippen molar-refractivity contribution in [2.24, 2.45) is 10.3 Å². The summed E-state index contributed by atoms with van der Waals surface area (Å²) in [5, 5.41) is 2.84. The largest absolute Gasteiger partial charge is 0.461 e. The molecule has 0 bridgehead atoms. The van der Waals surface area contributed by atoms with Gasteiger partial charge in [0.05, 0.1) is 12.0 Å². The first-order valence-electron chi connectivity index (χ1n) is 9.72. The lowest BCUT2D eigenvalue weighted by Crippen LogP contribution is -2.32. The zero-order valence-corrected chi connectivity index (χ0v) is 16.8. The van der Waals surface area contributed by atoms with E-state index in [1.54, 1.807) is 29.2 Å². The van der Waals surface area contributed by atoms with Gasteiger partial charge in [-0.1, -0.05) is 24.6 Å². The number of hydrogen-bond donors (Lipinski definition) is 1. The van der Waals surface area contributed by atoms with Gasteiger partial charge < -0.3 is 9.73 Å². The maximum absolute atomic E-state index is 13.0. The zero-order chi connectivity index (χ0) is 20.7. The molecule has 0 saturated heterocycles. The van der Waals surface area contributed by atoms with E-state index in [1.807, 2.05) is 30.3 Å². The molecule has 5 rings (SSSR count). The first-order valence-corrected chi connectivity index (χ1v) is 11.2. The van der Waals surface area contributed by atoms with Gasteiger partial charge in [-0.15, -0.1) is 4.40 Å². The van der Waals surface area contributed by atoms with Gasteiger partial charge in [0.2, 0.25) is 5.91 Å². The number of furan rings is 1. The molecule has 1 aromatic heterocycles. The highest BCUT2D eigenvalue weighted by molar-refractivity contribution is 7.90. The molecule has 0 unspecified atom stereocenters. The number of rotatable bonds is 4. The fourth-order valence-electron chi connectivity index (χ4n) is 3.62. The predicted molar refractivity (Wildman–Crippen MR) is 113 cm³/mol. The number of benzene rings is 2. The SMILES string of the molecule is O=C(Nc1ccc2c(c1)S(=O)(=O)N=C(c1ccco1)N2c1ccccc1)C1CCC1. The van der Waals surface area contributed by atoms with Gasteiger partial charge in [-0.3, -0.25) is 9.69 Å². The third kappa shape index (κ3) is 3.19. The maximum atomic E-state index is 13.0. The van der Waals surface area contributed by atoms with Gasteiger partial charge in [0, 0.05) is 17.3 Å². The van der Waals surface area contributed by atoms with Crippen molar-refractivity contribution in [3.8, 4) is 0 Å². The minimum absolute atomic E-state index is 0.00188. The molecule has 1 amide bonds. The van der Waals surface area contributed by atoms with E-state index in [2.05, 4.69) is 9.71 Å². The quantitative estimate of drug-likeness (QED) is 0.678. The van der Waals surface area contributed by atoms with E-state index in [9.17, 15) is 13.2 Å². The van der Waals surface area contributed by atoms with Crippen LogP contribution >= 0.6 is 0 Å². The van der Waals surface area contributed by atoms with Crippen molar-refractivity contribution in [1.82, 2.24) is 0 Å². The molecule has 2 aromatic carbocycles. The highest BCUT2D eigenvalue weighted by atomic mass is 32.2. The maximum Gasteiger partial charge on any atom is 0.286 e. The van der Waals surface area contributed by atoms with E-state index in [-0.39, 0.29) is 22.6 Å². The number of anilines is 3. The summed E-state index contributed by atoms with van der Waals surface area (Å²) in [6, 6.07) is 17.6. The van der Waals surface area contributed by atoms with Crippen LogP contribution in [0.15, 0.2) is 80.6 Å². The molecule has 1 aliphatic heterocycles. The van der Waals surface area contributed by atoms with Crippen molar-refractivity contribution in [2.45, 2.75) is 24.2 Å². The van der Waals surface area contributed by atoms with Gasteiger partial charge in [-0.25, -0.2) is 0 Å². The van der Waals surface area contributed by atoms with Crippen LogP contribution in [0.1, 0.15) is 25.0 Å². The van der Waals surface area contributed by atoms with E-state index in [1.165, 1.54) is 12.3 Å². The van der Waals surface area contributed by atoms with E-state index in [0.717, 1.165) is 24.9 Å². The number of hydrogen-bond acceptors (Lipinski definition) is 5. The van der Waals surface area contributed by atoms with Crippen molar-refractivity contribution in [1.29, 1.82) is 0 Å². The fraction of sp³-hybridized carbons (Fsp3) is 0.182. The van der Waals surface area contributed by atoms with Crippen LogP contribution in [0.25, 0.3) is 0 Å². The average Bonchev–Trinajstić information content (AvgIpc) is 3.22. The Morgan fingerprint density at radius 1 is 1.07 bits per heavy atom. The Morgan fingerprint density at radius 2 is 1.87 bits per heavy atom. The number of nitrogens with zero attached hydrogens (tertiary/aromatic N) is 2. The topological polar surface area (TPSA) is 92.0 Å². The highest BCUT2D eigenvalue weighted by Gasteiger charge is 2.34. The Kier molecular flexibility index (Phi) is 4.43. The molecule has 30 heavy (non-hydrogen) atoms. The number of carbonyl (C=O) groups is 1. The molecule has 8 heteroatoms. The number of amides is 1. The lowest BCUT2D eigenvalue weighted by molar-refractivity contribution is -0.122. The lowest BCUT2D eigenvalue weighted by Gasteiger charge is -2.30. The van der Waals surface area contributed by atoms with E-state index < -0.39 is 10.0 Å². The summed E-state index contributed by atoms with van der Waals surface area (Å²) in [4.78, 5) is 14.1. The summed E-state index contributed by atoms with van der Waals surface area (Å²) >= 11 is 0. The summed E-state index contributed by atoms with van der Waals surface area (Å²) in [5.74, 6) is 0.455. The van der Waals surface area contributed by atoms with Gasteiger partial charge >= 0.3 is 0 Å². The molecule has 3 aromatic rings. The van der Waals surface area contributed by atoms with Crippen LogP contribution in [0.2, 0.25) is 0 Å². The minimum atomic E-state index is -3.99. The lowest BCUT2D eigenvalue weighted by atomic mass is 9.85. The van der Waals surface area contributed by atoms with Crippen LogP contribution in [0.4, 0.5) is 17.1 Å². The summed E-state index contributed by atoms with van der Waals surface area (Å²) in [6.07, 6.45) is 4.26. The summed E-state index contributed by atoms with van der Waals surface area (Å²) < 4.78 is 35.6. The fourth-order valence-corrected chi connectivity index (χ4v) is 4.81. The van der Waals surface area contributed by atoms with Gasteiger partial charge in [0.15, 0.2) is 11.6 Å². The third-order valence-electron chi connectivity index (χ3n) is 5.40. The monoisotopic (exact) mass is 421 g/mol. The molecular formula is C22H19N3O4S. The van der Waals surface area contributed by atoms with Gasteiger partial charge in [0.1, 0.15) is 4.90 Å². The average molecular weight is 421 g/mol. The molecule has 0 radical (unpaired) electrons. The van der Waals surface area contributed by atoms with Crippen LogP contribution < -0.4 is 10.2 Å². The molecule has 7 nitrogen and oxygen atoms in total. The molecule has 0 spiro atoms. The predicted octanol–water partition coefficient (Wildman–Crippen LogP) is 4.31. The summed E-state index contributed by atoms with van der Waals surface area (Å²) in [7, 11) is -3.99. The smallest absolute Gasteiger partial charge is 0.286 e. The number of amidine groups is 1. The molecule has 0 atom stereocenters. The van der Waals surface area contributed by atoms with Crippen LogP contribution in [0.3, 0.4) is 0 Å². The second-order valence-electron chi connectivity index (χ2n) is 7.34. The normalized spacial score (nSPS) is 17.6. The molecule has 1 N–H and O–H groups in total. The van der Waals surface area contributed by atoms with Crippen molar-refractivity contribution in [3.63, 3.8) is 0 Å². The first-order chi connectivity index (χ1) is 14.5. The Bertz CT molecular complexity index is 1230. The van der Waals surface area contributed by atoms with Crippen molar-refractivity contribution in [2.75, 3.05) is 10.2 Å². The van der Waals surface area contributed by atoms with Crippen LogP contribution in [0.5, 0.6) is 0 Å². The summed E-state index contributed by atoms with van der Waals surface area (Å²) in [5.41, 5.74) is 1.64. The number of carbonyl (C=O) groups excluding carboxylic acids is 1. The Labute approximate surface area is 174 Å². The van der Waals surface area contributed by atoms with Gasteiger partial charge in [-0.2, -0.15) is 8.42 Å². The number of para-hydroxylation sites is 1. The summed E-state index contributed by atoms with van der Waals surface area (Å²) in [6.45, 7) is 0. The van der Waals surface area contributed by atoms with Crippen molar-refractivity contribution < 1.29 is 17.6 Å². The molecule has 2 aliphatic rings. The zero-order valence-electron chi connectivity index (χ0n) is 16.0. The number of fused-ring (bicyclic) bond motifs is 1. The van der Waals surface area contributed by atoms with E-state index in [4.69, 9.17) is 4.42 Å². The van der Waals surface area contributed by atoms with Crippen molar-refractivity contribution in [3.05, 3.63) is 72.7 Å². The molecule has 1 fully saturated rings. The Morgan fingerprint density at radius 3 is 2.53 bits per heavy atom. The minimum Gasteiger partial charge on any atom is -0.461 e. The molecule has 1 saturated carbocycles. The second kappa shape index (κ2) is 7.14. The van der Waals surface area contributed by atoms with E-state index >= 15 is 0 Å². The first kappa shape index (κ1) is 18.6. The van der Waals surface area contributed by atoms with Gasteiger partial charge in [-0.05, 0) is 55.3 Å². The van der Waals surface area contributed by atoms with E-state index in [0.29, 0.717) is 17.1 Å². The molecule has 152 valence electrons. The standard InChI is InChI=1S/C22H19N3O4S/c26-22(15-6-4-7-15)23-16-11-12-18-20(14-16)30(27,28)24-21(19-10-5-13-29-19)25(18)17-8-2-1-3-9-17/h1-3,5,8-15H,4,6-7H2,(H,23,26). The third-order valence-corrected chi connectivity index (χ3v) is 6.69. The highest BCUT2D eigenvalue weighted by Crippen LogP contribution is 2.40. The van der Waals surface area contributed by atoms with Crippen LogP contribution in [-0.4, -0.2) is 20.2 Å². The Hall–Kier alpha value is -3.39. The molecule has 1 aliphatic carbocycles. The van der Waals surface area contributed by atoms with Crippen molar-refractivity contribution >= 4 is 38.8 Å². The Balaban J connectivity index is 1.62. The van der Waals surface area contributed by atoms with Crippen LogP contribution in [0, 0.1) is 5.92 Å². The molecule has 2 heterocycles. The van der Waals surface area contributed by atoms with Gasteiger partial charge in [0.25, 0.3) is 10.0 Å².